The smallest absolute Gasteiger partial charge is 0.131 e. The highest BCUT2D eigenvalue weighted by molar-refractivity contribution is 5.45. The Hall–Kier alpha value is -1.36. The van der Waals surface area contributed by atoms with E-state index in [1.54, 1.807) is 0 Å². The van der Waals surface area contributed by atoms with Crippen molar-refractivity contribution in [3.63, 3.8) is 0 Å². The minimum Gasteiger partial charge on any atom is -0.391 e. The van der Waals surface area contributed by atoms with Gasteiger partial charge in [0.25, 0.3) is 0 Å². The SMILES string of the molecule is CNc1cc(NCC(O)C2CC2)ncn1. The van der Waals surface area contributed by atoms with Crippen molar-refractivity contribution >= 4 is 11.6 Å². The number of aliphatic hydroxyl groups is 1. The van der Waals surface area contributed by atoms with Crippen LogP contribution >= 0.6 is 0 Å². The average Bonchev–Trinajstić information content (AvgIpc) is 3.10. The van der Waals surface area contributed by atoms with E-state index in [-0.39, 0.29) is 6.10 Å². The fourth-order valence-electron chi connectivity index (χ4n) is 1.45. The number of nitrogens with zero attached hydrogens (tertiary/aromatic N) is 2. The molecular weight excluding hydrogens is 192 g/mol. The molecule has 2 rings (SSSR count). The van der Waals surface area contributed by atoms with Crippen LogP contribution in [-0.2, 0) is 0 Å². The van der Waals surface area contributed by atoms with Gasteiger partial charge in [0.1, 0.15) is 18.0 Å². The third-order valence-corrected chi connectivity index (χ3v) is 2.58. The molecule has 0 aromatic carbocycles. The molecule has 0 saturated heterocycles. The normalized spacial score (nSPS) is 17.2. The first-order valence-corrected chi connectivity index (χ1v) is 5.21. The molecule has 1 aliphatic rings. The zero-order valence-electron chi connectivity index (χ0n) is 8.77. The Balaban J connectivity index is 1.86. The Morgan fingerprint density at radius 1 is 1.47 bits per heavy atom. The summed E-state index contributed by atoms with van der Waals surface area (Å²) in [4.78, 5) is 8.07. The van der Waals surface area contributed by atoms with Crippen LogP contribution in [-0.4, -0.2) is 34.8 Å². The second-order valence-corrected chi connectivity index (χ2v) is 3.82. The van der Waals surface area contributed by atoms with Crippen LogP contribution < -0.4 is 10.6 Å². The molecule has 3 N–H and O–H groups in total. The Labute approximate surface area is 88.9 Å². The van der Waals surface area contributed by atoms with Gasteiger partial charge in [0.15, 0.2) is 0 Å². The minimum atomic E-state index is -0.252. The van der Waals surface area contributed by atoms with Gasteiger partial charge in [0.05, 0.1) is 6.10 Å². The average molecular weight is 208 g/mol. The molecule has 5 heteroatoms. The van der Waals surface area contributed by atoms with Crippen LogP contribution in [0.1, 0.15) is 12.8 Å². The number of hydrogen-bond acceptors (Lipinski definition) is 5. The summed E-state index contributed by atoms with van der Waals surface area (Å²) in [6, 6.07) is 1.82. The van der Waals surface area contributed by atoms with Gasteiger partial charge in [-0.2, -0.15) is 0 Å². The van der Waals surface area contributed by atoms with Gasteiger partial charge in [-0.15, -0.1) is 0 Å². The maximum atomic E-state index is 9.66. The van der Waals surface area contributed by atoms with Crippen molar-refractivity contribution < 1.29 is 5.11 Å². The molecular formula is C10H16N4O. The molecule has 1 aromatic rings. The van der Waals surface area contributed by atoms with Crippen LogP contribution in [0, 0.1) is 5.92 Å². The van der Waals surface area contributed by atoms with Gasteiger partial charge in [-0.05, 0) is 18.8 Å². The zero-order valence-corrected chi connectivity index (χ0v) is 8.77. The van der Waals surface area contributed by atoms with Crippen LogP contribution in [0.2, 0.25) is 0 Å². The van der Waals surface area contributed by atoms with Gasteiger partial charge in [-0.3, -0.25) is 0 Å². The van der Waals surface area contributed by atoms with E-state index in [2.05, 4.69) is 20.6 Å². The van der Waals surface area contributed by atoms with Crippen LogP contribution in [0.25, 0.3) is 0 Å². The predicted molar refractivity (Wildman–Crippen MR) is 58.8 cm³/mol. The van der Waals surface area contributed by atoms with Crippen molar-refractivity contribution in [2.75, 3.05) is 24.2 Å². The lowest BCUT2D eigenvalue weighted by atomic mass is 10.2. The molecule has 15 heavy (non-hydrogen) atoms. The molecule has 82 valence electrons. The fourth-order valence-corrected chi connectivity index (χ4v) is 1.45. The summed E-state index contributed by atoms with van der Waals surface area (Å²) in [5.41, 5.74) is 0. The third-order valence-electron chi connectivity index (χ3n) is 2.58. The molecule has 0 spiro atoms. The van der Waals surface area contributed by atoms with Crippen molar-refractivity contribution in [3.8, 4) is 0 Å². The molecule has 1 unspecified atom stereocenters. The lowest BCUT2D eigenvalue weighted by molar-refractivity contribution is 0.164. The maximum Gasteiger partial charge on any atom is 0.131 e. The predicted octanol–water partition coefficient (Wildman–Crippen LogP) is 0.701. The Morgan fingerprint density at radius 3 is 2.87 bits per heavy atom. The molecule has 1 saturated carbocycles. The molecule has 1 heterocycles. The standard InChI is InChI=1S/C10H16N4O/c1-11-9-4-10(14-6-13-9)12-5-8(15)7-2-3-7/h4,6-8,15H,2-3,5H2,1H3,(H2,11,12,13,14). The number of hydrogen-bond donors (Lipinski definition) is 3. The van der Waals surface area contributed by atoms with Crippen LogP contribution in [0.15, 0.2) is 12.4 Å². The van der Waals surface area contributed by atoms with Gasteiger partial charge in [0.2, 0.25) is 0 Å². The van der Waals surface area contributed by atoms with Crippen molar-refractivity contribution in [3.05, 3.63) is 12.4 Å². The van der Waals surface area contributed by atoms with Crippen molar-refractivity contribution in [1.29, 1.82) is 0 Å². The fraction of sp³-hybridized carbons (Fsp3) is 0.600. The third kappa shape index (κ3) is 2.79. The first-order valence-electron chi connectivity index (χ1n) is 5.21. The van der Waals surface area contributed by atoms with E-state index >= 15 is 0 Å². The molecule has 0 bridgehead atoms. The highest BCUT2D eigenvalue weighted by Gasteiger charge is 2.29. The number of rotatable bonds is 5. The molecule has 1 fully saturated rings. The van der Waals surface area contributed by atoms with E-state index in [1.807, 2.05) is 13.1 Å². The molecule has 0 aliphatic heterocycles. The quantitative estimate of drug-likeness (QED) is 0.664. The van der Waals surface area contributed by atoms with Crippen molar-refractivity contribution in [2.24, 2.45) is 5.92 Å². The number of aliphatic hydroxyl groups excluding tert-OH is 1. The summed E-state index contributed by atoms with van der Waals surface area (Å²) in [6.07, 6.45) is 3.54. The van der Waals surface area contributed by atoms with Gasteiger partial charge >= 0.3 is 0 Å². The van der Waals surface area contributed by atoms with Crippen molar-refractivity contribution in [2.45, 2.75) is 18.9 Å². The zero-order chi connectivity index (χ0) is 10.7. The van der Waals surface area contributed by atoms with Crippen LogP contribution in [0.4, 0.5) is 11.6 Å². The highest BCUT2D eigenvalue weighted by atomic mass is 16.3. The van der Waals surface area contributed by atoms with E-state index in [0.29, 0.717) is 12.5 Å². The van der Waals surface area contributed by atoms with Crippen LogP contribution in [0.3, 0.4) is 0 Å². The minimum absolute atomic E-state index is 0.252. The lowest BCUT2D eigenvalue weighted by Crippen LogP contribution is -2.21. The number of nitrogens with one attached hydrogen (secondary N) is 2. The summed E-state index contributed by atoms with van der Waals surface area (Å²) < 4.78 is 0. The Morgan fingerprint density at radius 2 is 2.20 bits per heavy atom. The summed E-state index contributed by atoms with van der Waals surface area (Å²) >= 11 is 0. The Bertz CT molecular complexity index is 327. The van der Waals surface area contributed by atoms with E-state index in [0.717, 1.165) is 24.5 Å². The van der Waals surface area contributed by atoms with E-state index in [1.165, 1.54) is 6.33 Å². The van der Waals surface area contributed by atoms with Gasteiger partial charge in [-0.25, -0.2) is 9.97 Å². The molecule has 1 atom stereocenters. The first kappa shape index (κ1) is 10.2. The lowest BCUT2D eigenvalue weighted by Gasteiger charge is -2.11. The van der Waals surface area contributed by atoms with Gasteiger partial charge in [0, 0.05) is 19.7 Å². The monoisotopic (exact) mass is 208 g/mol. The number of anilines is 2. The van der Waals surface area contributed by atoms with Crippen LogP contribution in [0.5, 0.6) is 0 Å². The summed E-state index contributed by atoms with van der Waals surface area (Å²) in [5, 5.41) is 15.7. The second kappa shape index (κ2) is 4.44. The summed E-state index contributed by atoms with van der Waals surface area (Å²) in [7, 11) is 1.81. The maximum absolute atomic E-state index is 9.66. The topological polar surface area (TPSA) is 70.1 Å². The molecule has 5 nitrogen and oxygen atoms in total. The molecule has 1 aliphatic carbocycles. The summed E-state index contributed by atoms with van der Waals surface area (Å²) in [6.45, 7) is 0.560. The highest BCUT2D eigenvalue weighted by Crippen LogP contribution is 2.32. The van der Waals surface area contributed by atoms with Gasteiger partial charge in [-0.1, -0.05) is 0 Å². The first-order chi connectivity index (χ1) is 7.29. The van der Waals surface area contributed by atoms with Gasteiger partial charge < -0.3 is 15.7 Å². The largest absolute Gasteiger partial charge is 0.391 e. The molecule has 0 amide bonds. The Kier molecular flexibility index (Phi) is 3.01. The molecule has 1 aromatic heterocycles. The number of aromatic nitrogens is 2. The van der Waals surface area contributed by atoms with Crippen molar-refractivity contribution in [1.82, 2.24) is 9.97 Å². The van der Waals surface area contributed by atoms with E-state index in [4.69, 9.17) is 0 Å². The summed E-state index contributed by atoms with van der Waals surface area (Å²) in [5.74, 6) is 2.01. The molecule has 0 radical (unpaired) electrons. The second-order valence-electron chi connectivity index (χ2n) is 3.82. The van der Waals surface area contributed by atoms with E-state index < -0.39 is 0 Å². The van der Waals surface area contributed by atoms with E-state index in [9.17, 15) is 5.11 Å².